The summed E-state index contributed by atoms with van der Waals surface area (Å²) in [5.41, 5.74) is 5.21. The summed E-state index contributed by atoms with van der Waals surface area (Å²) < 4.78 is 6.72. The van der Waals surface area contributed by atoms with E-state index in [2.05, 4.69) is 96.8 Å². The smallest absolute Gasteiger partial charge is 0.108 e. The fourth-order valence-electron chi connectivity index (χ4n) is 4.17. The zero-order chi connectivity index (χ0) is 19.9. The van der Waals surface area contributed by atoms with Crippen LogP contribution in [0.3, 0.4) is 0 Å². The minimum Gasteiger partial charge on any atom is -0.364 e. The van der Waals surface area contributed by atoms with E-state index in [4.69, 9.17) is 4.74 Å². The second kappa shape index (κ2) is 9.87. The van der Waals surface area contributed by atoms with Crippen LogP contribution in [0.4, 0.5) is 0 Å². The molecule has 0 spiro atoms. The van der Waals surface area contributed by atoms with E-state index >= 15 is 0 Å². The number of ether oxygens (including phenoxy) is 1. The molecular formula is C27H31NO. The predicted octanol–water partition coefficient (Wildman–Crippen LogP) is 5.81. The molecule has 0 bridgehead atoms. The van der Waals surface area contributed by atoms with Crippen LogP contribution in [0.1, 0.15) is 41.2 Å². The molecule has 0 aliphatic carbocycles. The zero-order valence-corrected chi connectivity index (χ0v) is 17.3. The molecule has 1 heterocycles. The van der Waals surface area contributed by atoms with E-state index < -0.39 is 0 Å². The van der Waals surface area contributed by atoms with E-state index in [-0.39, 0.29) is 12.2 Å². The molecule has 150 valence electrons. The Labute approximate surface area is 175 Å². The number of rotatable bonds is 7. The molecule has 0 aromatic heterocycles. The van der Waals surface area contributed by atoms with Gasteiger partial charge in [-0.25, -0.2) is 0 Å². The lowest BCUT2D eigenvalue weighted by atomic mass is 10.00. The summed E-state index contributed by atoms with van der Waals surface area (Å²) in [6.45, 7) is 5.44. The maximum absolute atomic E-state index is 6.72. The molecule has 1 aliphatic rings. The van der Waals surface area contributed by atoms with Crippen LogP contribution < -0.4 is 0 Å². The Kier molecular flexibility index (Phi) is 6.76. The van der Waals surface area contributed by atoms with Crippen LogP contribution in [0.15, 0.2) is 84.9 Å². The van der Waals surface area contributed by atoms with Crippen LogP contribution in [0.25, 0.3) is 0 Å². The Hall–Kier alpha value is -2.42. The van der Waals surface area contributed by atoms with E-state index in [1.807, 2.05) is 0 Å². The van der Waals surface area contributed by atoms with Gasteiger partial charge in [0.05, 0.1) is 6.10 Å². The van der Waals surface area contributed by atoms with Crippen molar-refractivity contribution >= 4 is 0 Å². The maximum Gasteiger partial charge on any atom is 0.108 e. The van der Waals surface area contributed by atoms with Gasteiger partial charge in [-0.2, -0.15) is 0 Å². The number of benzene rings is 3. The molecule has 0 radical (unpaired) electrons. The molecule has 0 unspecified atom stereocenters. The number of hydrogen-bond acceptors (Lipinski definition) is 2. The highest BCUT2D eigenvalue weighted by atomic mass is 16.5. The highest BCUT2D eigenvalue weighted by Gasteiger charge is 2.25. The Morgan fingerprint density at radius 3 is 2.10 bits per heavy atom. The molecule has 0 N–H and O–H groups in total. The standard InChI is InChI=1S/C27H31NO/c1-22-14-16-23(17-15-22)18-20-28-19-8-13-26(21-28)29-27(24-9-4-2-5-10-24)25-11-6-3-7-12-25/h2-7,9-12,14-17,26-27H,8,13,18-21H2,1H3/t26-/m1/s1. The fraction of sp³-hybridized carbons (Fsp3) is 0.333. The molecule has 1 atom stereocenters. The predicted molar refractivity (Wildman–Crippen MR) is 120 cm³/mol. The fourth-order valence-corrected chi connectivity index (χ4v) is 4.17. The molecule has 29 heavy (non-hydrogen) atoms. The SMILES string of the molecule is Cc1ccc(CCN2CCC[C@@H](OC(c3ccccc3)c3ccccc3)C2)cc1. The number of hydrogen-bond donors (Lipinski definition) is 0. The van der Waals surface area contributed by atoms with Crippen molar-refractivity contribution in [3.05, 3.63) is 107 Å². The van der Waals surface area contributed by atoms with E-state index in [9.17, 15) is 0 Å². The van der Waals surface area contributed by atoms with Gasteiger partial charge >= 0.3 is 0 Å². The van der Waals surface area contributed by atoms with Crippen molar-refractivity contribution < 1.29 is 4.74 Å². The molecule has 0 amide bonds. The quantitative estimate of drug-likeness (QED) is 0.509. The normalized spacial score (nSPS) is 17.5. The van der Waals surface area contributed by atoms with Crippen molar-refractivity contribution in [1.82, 2.24) is 4.90 Å². The second-order valence-corrected chi connectivity index (χ2v) is 8.14. The highest BCUT2D eigenvalue weighted by Crippen LogP contribution is 2.29. The second-order valence-electron chi connectivity index (χ2n) is 8.14. The molecule has 3 aromatic rings. The van der Waals surface area contributed by atoms with Gasteiger partial charge in [0.15, 0.2) is 0 Å². The number of nitrogens with zero attached hydrogens (tertiary/aromatic N) is 1. The van der Waals surface area contributed by atoms with Gasteiger partial charge < -0.3 is 9.64 Å². The maximum atomic E-state index is 6.72. The molecule has 0 saturated carbocycles. The van der Waals surface area contributed by atoms with Crippen LogP contribution in [0, 0.1) is 6.92 Å². The lowest BCUT2D eigenvalue weighted by molar-refractivity contribution is -0.0330. The van der Waals surface area contributed by atoms with Crippen molar-refractivity contribution in [3.63, 3.8) is 0 Å². The lowest BCUT2D eigenvalue weighted by Gasteiger charge is -2.35. The van der Waals surface area contributed by atoms with Gasteiger partial charge in [-0.05, 0) is 49.4 Å². The average molecular weight is 386 g/mol. The summed E-state index contributed by atoms with van der Waals surface area (Å²) >= 11 is 0. The van der Waals surface area contributed by atoms with Gasteiger partial charge in [-0.3, -0.25) is 0 Å². The van der Waals surface area contributed by atoms with Crippen molar-refractivity contribution in [3.8, 4) is 0 Å². The third-order valence-electron chi connectivity index (χ3n) is 5.83. The largest absolute Gasteiger partial charge is 0.364 e. The molecular weight excluding hydrogens is 354 g/mol. The third-order valence-corrected chi connectivity index (χ3v) is 5.83. The Morgan fingerprint density at radius 2 is 1.48 bits per heavy atom. The molecule has 2 nitrogen and oxygen atoms in total. The van der Waals surface area contributed by atoms with E-state index in [1.165, 1.54) is 35.2 Å². The first-order valence-corrected chi connectivity index (χ1v) is 10.8. The van der Waals surface area contributed by atoms with Crippen molar-refractivity contribution in [2.45, 2.75) is 38.4 Å². The molecule has 1 aliphatic heterocycles. The number of aryl methyl sites for hydroxylation is 1. The molecule has 1 fully saturated rings. The first-order chi connectivity index (χ1) is 14.3. The molecule has 1 saturated heterocycles. The van der Waals surface area contributed by atoms with Crippen molar-refractivity contribution in [2.24, 2.45) is 0 Å². The summed E-state index contributed by atoms with van der Waals surface area (Å²) in [5.74, 6) is 0. The summed E-state index contributed by atoms with van der Waals surface area (Å²) in [5, 5.41) is 0. The van der Waals surface area contributed by atoms with Gasteiger partial charge in [-0.1, -0.05) is 90.5 Å². The highest BCUT2D eigenvalue weighted by molar-refractivity contribution is 5.30. The molecule has 4 rings (SSSR count). The minimum absolute atomic E-state index is 0.000511. The summed E-state index contributed by atoms with van der Waals surface area (Å²) in [4.78, 5) is 2.57. The van der Waals surface area contributed by atoms with E-state index in [0.29, 0.717) is 0 Å². The average Bonchev–Trinajstić information content (AvgIpc) is 2.79. The van der Waals surface area contributed by atoms with Crippen LogP contribution in [0.5, 0.6) is 0 Å². The van der Waals surface area contributed by atoms with Crippen molar-refractivity contribution in [1.29, 1.82) is 0 Å². The Morgan fingerprint density at radius 1 is 0.862 bits per heavy atom. The lowest BCUT2D eigenvalue weighted by Crippen LogP contribution is -2.41. The van der Waals surface area contributed by atoms with E-state index in [1.54, 1.807) is 0 Å². The Balaban J connectivity index is 1.40. The van der Waals surface area contributed by atoms with Gasteiger partial charge in [0.1, 0.15) is 6.10 Å². The van der Waals surface area contributed by atoms with Gasteiger partial charge in [-0.15, -0.1) is 0 Å². The molecule has 2 heteroatoms. The zero-order valence-electron chi connectivity index (χ0n) is 17.3. The third kappa shape index (κ3) is 5.56. The van der Waals surface area contributed by atoms with Crippen molar-refractivity contribution in [2.75, 3.05) is 19.6 Å². The topological polar surface area (TPSA) is 12.5 Å². The van der Waals surface area contributed by atoms with Gasteiger partial charge in [0, 0.05) is 13.1 Å². The van der Waals surface area contributed by atoms with Crippen LogP contribution in [-0.2, 0) is 11.2 Å². The first-order valence-electron chi connectivity index (χ1n) is 10.8. The first kappa shape index (κ1) is 19.9. The molecule has 3 aromatic carbocycles. The van der Waals surface area contributed by atoms with Gasteiger partial charge in [0.2, 0.25) is 0 Å². The van der Waals surface area contributed by atoms with Crippen LogP contribution >= 0.6 is 0 Å². The van der Waals surface area contributed by atoms with Crippen LogP contribution in [-0.4, -0.2) is 30.6 Å². The summed E-state index contributed by atoms with van der Waals surface area (Å²) in [6, 6.07) is 30.2. The van der Waals surface area contributed by atoms with Gasteiger partial charge in [0.25, 0.3) is 0 Å². The summed E-state index contributed by atoms with van der Waals surface area (Å²) in [6.07, 6.45) is 3.71. The minimum atomic E-state index is -0.000511. The number of likely N-dealkylation sites (tertiary alicyclic amines) is 1. The monoisotopic (exact) mass is 385 g/mol. The summed E-state index contributed by atoms with van der Waals surface area (Å²) in [7, 11) is 0. The Bertz CT molecular complexity index is 821. The van der Waals surface area contributed by atoms with E-state index in [0.717, 1.165) is 25.9 Å². The van der Waals surface area contributed by atoms with Crippen LogP contribution in [0.2, 0.25) is 0 Å². The number of piperidine rings is 1.